The molecule has 138 valence electrons. The molecule has 0 aromatic rings. The quantitative estimate of drug-likeness (QED) is 0.838. The first-order chi connectivity index (χ1) is 11.8. The first-order valence-corrected chi connectivity index (χ1v) is 10.2. The average molecular weight is 338 g/mol. The molecule has 0 radical (unpaired) electrons. The topological polar surface area (TPSA) is 44.8 Å². The zero-order valence-corrected chi connectivity index (χ0v) is 15.3. The van der Waals surface area contributed by atoms with Gasteiger partial charge in [-0.15, -0.1) is 0 Å². The van der Waals surface area contributed by atoms with Crippen molar-refractivity contribution >= 4 is 6.09 Å². The molecule has 3 fully saturated rings. The number of ether oxygens (including phenoxy) is 1. The molecule has 1 N–H and O–H groups in total. The van der Waals surface area contributed by atoms with Crippen LogP contribution in [-0.4, -0.2) is 66.8 Å². The van der Waals surface area contributed by atoms with Crippen molar-refractivity contribution in [3.63, 3.8) is 0 Å². The maximum absolute atomic E-state index is 12.4. The lowest BCUT2D eigenvalue weighted by molar-refractivity contribution is 0.0303. The summed E-state index contributed by atoms with van der Waals surface area (Å²) in [6.45, 7) is 7.55. The van der Waals surface area contributed by atoms with Crippen molar-refractivity contribution in [2.45, 2.75) is 82.9 Å². The van der Waals surface area contributed by atoms with Crippen LogP contribution in [0.25, 0.3) is 0 Å². The minimum Gasteiger partial charge on any atom is -0.446 e. The number of carbonyl (C=O) groups is 1. The Balaban J connectivity index is 1.34. The van der Waals surface area contributed by atoms with Crippen molar-refractivity contribution < 1.29 is 9.53 Å². The van der Waals surface area contributed by atoms with Gasteiger partial charge in [-0.25, -0.2) is 4.79 Å². The van der Waals surface area contributed by atoms with E-state index >= 15 is 0 Å². The molecule has 3 rings (SSSR count). The van der Waals surface area contributed by atoms with Crippen LogP contribution >= 0.6 is 0 Å². The van der Waals surface area contributed by atoms with Crippen LogP contribution in [0, 0.1) is 0 Å². The second-order valence-electron chi connectivity index (χ2n) is 7.77. The molecule has 0 aromatic carbocycles. The van der Waals surface area contributed by atoms with E-state index < -0.39 is 0 Å². The van der Waals surface area contributed by atoms with E-state index in [1.54, 1.807) is 0 Å². The van der Waals surface area contributed by atoms with Crippen molar-refractivity contribution in [2.24, 2.45) is 0 Å². The summed E-state index contributed by atoms with van der Waals surface area (Å²) in [6.07, 6.45) is 10.5. The van der Waals surface area contributed by atoms with Gasteiger partial charge in [-0.1, -0.05) is 6.92 Å². The Hall–Kier alpha value is -0.810. The van der Waals surface area contributed by atoms with Crippen molar-refractivity contribution in [3.05, 3.63) is 0 Å². The number of nitrogens with one attached hydrogen (secondary N) is 1. The molecule has 1 aliphatic carbocycles. The Labute approximate surface area is 147 Å². The number of nitrogens with zero attached hydrogens (tertiary/aromatic N) is 2. The van der Waals surface area contributed by atoms with Gasteiger partial charge < -0.3 is 19.9 Å². The average Bonchev–Trinajstić information content (AvgIpc) is 3.16. The zero-order valence-electron chi connectivity index (χ0n) is 15.3. The fourth-order valence-electron chi connectivity index (χ4n) is 4.47. The van der Waals surface area contributed by atoms with Gasteiger partial charge in [-0.3, -0.25) is 0 Å². The summed E-state index contributed by atoms with van der Waals surface area (Å²) >= 11 is 0. The summed E-state index contributed by atoms with van der Waals surface area (Å²) < 4.78 is 5.79. The molecule has 0 aromatic heterocycles. The van der Waals surface area contributed by atoms with E-state index in [0.717, 1.165) is 58.2 Å². The van der Waals surface area contributed by atoms with Gasteiger partial charge in [-0.2, -0.15) is 0 Å². The molecule has 2 aliphatic heterocycles. The Morgan fingerprint density at radius 2 is 1.67 bits per heavy atom. The maximum atomic E-state index is 12.4. The monoisotopic (exact) mass is 337 g/mol. The predicted molar refractivity (Wildman–Crippen MR) is 96.2 cm³/mol. The minimum absolute atomic E-state index is 0.0696. The van der Waals surface area contributed by atoms with E-state index in [1.807, 2.05) is 4.90 Å². The largest absolute Gasteiger partial charge is 0.446 e. The minimum atomic E-state index is -0.0696. The highest BCUT2D eigenvalue weighted by Gasteiger charge is 2.30. The molecule has 24 heavy (non-hydrogen) atoms. The lowest BCUT2D eigenvalue weighted by Crippen LogP contribution is -2.47. The van der Waals surface area contributed by atoms with E-state index in [9.17, 15) is 4.79 Å². The molecule has 0 spiro atoms. The molecular weight excluding hydrogens is 302 g/mol. The summed E-state index contributed by atoms with van der Waals surface area (Å²) in [5, 5.41) is 3.58. The van der Waals surface area contributed by atoms with Crippen LogP contribution in [0.5, 0.6) is 0 Å². The number of carbonyl (C=O) groups excluding carboxylic acids is 1. The van der Waals surface area contributed by atoms with Crippen LogP contribution in [0.1, 0.15) is 64.7 Å². The van der Waals surface area contributed by atoms with Crippen LogP contribution in [0.3, 0.4) is 0 Å². The number of hydrogen-bond donors (Lipinski definition) is 1. The van der Waals surface area contributed by atoms with Gasteiger partial charge in [-0.05, 0) is 77.4 Å². The molecule has 2 saturated heterocycles. The van der Waals surface area contributed by atoms with E-state index in [-0.39, 0.29) is 12.2 Å². The van der Waals surface area contributed by atoms with Crippen molar-refractivity contribution in [2.75, 3.05) is 32.7 Å². The highest BCUT2D eigenvalue weighted by atomic mass is 16.6. The fraction of sp³-hybridized carbons (Fsp3) is 0.947. The lowest BCUT2D eigenvalue weighted by atomic mass is 9.93. The Morgan fingerprint density at radius 3 is 2.29 bits per heavy atom. The smallest absolute Gasteiger partial charge is 0.410 e. The van der Waals surface area contributed by atoms with Crippen molar-refractivity contribution in [1.82, 2.24) is 15.1 Å². The molecule has 3 aliphatic rings. The molecule has 1 saturated carbocycles. The number of likely N-dealkylation sites (tertiary alicyclic amines) is 2. The van der Waals surface area contributed by atoms with Gasteiger partial charge in [0.15, 0.2) is 0 Å². The number of rotatable bonds is 5. The standard InChI is InChI=1S/C19H35N3O2/c1-2-11-20-16-5-7-18(8-6-16)24-19(23)22-14-9-17(10-15-22)21-12-3-4-13-21/h16-18,20H,2-15H2,1H3. The fourth-order valence-corrected chi connectivity index (χ4v) is 4.47. The van der Waals surface area contributed by atoms with E-state index in [4.69, 9.17) is 4.74 Å². The predicted octanol–water partition coefficient (Wildman–Crippen LogP) is 2.99. The molecule has 1 amide bonds. The highest BCUT2D eigenvalue weighted by Crippen LogP contribution is 2.24. The van der Waals surface area contributed by atoms with Crippen LogP contribution < -0.4 is 5.32 Å². The van der Waals surface area contributed by atoms with Crippen LogP contribution in [0.15, 0.2) is 0 Å². The maximum Gasteiger partial charge on any atom is 0.410 e. The summed E-state index contributed by atoms with van der Waals surface area (Å²) in [5.41, 5.74) is 0. The first kappa shape index (κ1) is 18.0. The molecule has 2 heterocycles. The molecule has 0 unspecified atom stereocenters. The third-order valence-electron chi connectivity index (χ3n) is 6.00. The van der Waals surface area contributed by atoms with Crippen LogP contribution in [0.4, 0.5) is 4.79 Å². The Kier molecular flexibility index (Phi) is 6.78. The highest BCUT2D eigenvalue weighted by molar-refractivity contribution is 5.68. The van der Waals surface area contributed by atoms with Gasteiger partial charge in [0.25, 0.3) is 0 Å². The van der Waals surface area contributed by atoms with Gasteiger partial charge in [0.1, 0.15) is 6.10 Å². The molecule has 0 bridgehead atoms. The Morgan fingerprint density at radius 1 is 1.00 bits per heavy atom. The van der Waals surface area contributed by atoms with E-state index in [2.05, 4.69) is 17.1 Å². The van der Waals surface area contributed by atoms with Crippen LogP contribution in [0.2, 0.25) is 0 Å². The zero-order chi connectivity index (χ0) is 16.8. The van der Waals surface area contributed by atoms with Crippen molar-refractivity contribution in [3.8, 4) is 0 Å². The second kappa shape index (κ2) is 9.04. The third-order valence-corrected chi connectivity index (χ3v) is 6.00. The van der Waals surface area contributed by atoms with Gasteiger partial charge in [0, 0.05) is 25.2 Å². The molecule has 5 heteroatoms. The number of hydrogen-bond acceptors (Lipinski definition) is 4. The van der Waals surface area contributed by atoms with Gasteiger partial charge >= 0.3 is 6.09 Å². The van der Waals surface area contributed by atoms with Crippen LogP contribution in [-0.2, 0) is 4.74 Å². The first-order valence-electron chi connectivity index (χ1n) is 10.2. The van der Waals surface area contributed by atoms with E-state index in [0.29, 0.717) is 12.1 Å². The number of amides is 1. The van der Waals surface area contributed by atoms with Gasteiger partial charge in [0.05, 0.1) is 0 Å². The number of piperidine rings is 1. The summed E-state index contributed by atoms with van der Waals surface area (Å²) in [6, 6.07) is 1.31. The SMILES string of the molecule is CCCNC1CCC(OC(=O)N2CCC(N3CCCC3)CC2)CC1. The normalized spacial score (nSPS) is 29.8. The van der Waals surface area contributed by atoms with E-state index in [1.165, 1.54) is 32.4 Å². The molecule has 0 atom stereocenters. The third kappa shape index (κ3) is 4.85. The summed E-state index contributed by atoms with van der Waals surface area (Å²) in [4.78, 5) is 17.0. The summed E-state index contributed by atoms with van der Waals surface area (Å²) in [7, 11) is 0. The Bertz CT molecular complexity index is 382. The summed E-state index contributed by atoms with van der Waals surface area (Å²) in [5.74, 6) is 0. The lowest BCUT2D eigenvalue weighted by Gasteiger charge is -2.37. The molecule has 5 nitrogen and oxygen atoms in total. The second-order valence-corrected chi connectivity index (χ2v) is 7.77. The molecular formula is C19H35N3O2. The van der Waals surface area contributed by atoms with Crippen molar-refractivity contribution in [1.29, 1.82) is 0 Å². The van der Waals surface area contributed by atoms with Gasteiger partial charge in [0.2, 0.25) is 0 Å².